The number of likely N-dealkylation sites (tertiary alicyclic amines) is 1. The van der Waals surface area contributed by atoms with Crippen LogP contribution in [0.1, 0.15) is 75.0 Å². The number of carbonyl (C=O) groups excluding carboxylic acids is 2. The van der Waals surface area contributed by atoms with E-state index in [2.05, 4.69) is 20.6 Å². The van der Waals surface area contributed by atoms with Crippen LogP contribution in [0.4, 0.5) is 4.39 Å². The van der Waals surface area contributed by atoms with Gasteiger partial charge in [0.2, 0.25) is 11.8 Å². The van der Waals surface area contributed by atoms with Crippen LogP contribution in [0.25, 0.3) is 0 Å². The molecule has 3 heterocycles. The summed E-state index contributed by atoms with van der Waals surface area (Å²) in [4.78, 5) is 33.5. The number of rotatable bonds is 7. The standard InChI is InChI=1S/C28H33FN6O3/c1-28(2,3)25(35-16-22(32-33-35)17-10-11-17)27(38)34-15-20(36)14-23(34)26(37)31-24(21-9-4-5-12-30-21)18-7-6-8-19(29)13-18/h4-9,12-13,16-17,20,23-25,36H,10-11,14-15H2,1-3H3,(H,31,37)/t20-,23+,24?,25-/m1/s1. The van der Waals surface area contributed by atoms with Crippen molar-refractivity contribution in [3.63, 3.8) is 0 Å². The van der Waals surface area contributed by atoms with E-state index in [1.54, 1.807) is 41.2 Å². The molecule has 2 aliphatic rings. The van der Waals surface area contributed by atoms with Crippen molar-refractivity contribution in [1.29, 1.82) is 0 Å². The molecule has 9 nitrogen and oxygen atoms in total. The minimum Gasteiger partial charge on any atom is -0.391 e. The van der Waals surface area contributed by atoms with E-state index in [1.807, 2.05) is 27.0 Å². The lowest BCUT2D eigenvalue weighted by molar-refractivity contribution is -0.144. The molecule has 200 valence electrons. The van der Waals surface area contributed by atoms with Gasteiger partial charge in [-0.1, -0.05) is 44.2 Å². The second-order valence-electron chi connectivity index (χ2n) is 11.3. The molecule has 5 rings (SSSR count). The van der Waals surface area contributed by atoms with Gasteiger partial charge in [0.1, 0.15) is 17.9 Å². The normalized spacial score (nSPS) is 21.2. The second-order valence-corrected chi connectivity index (χ2v) is 11.3. The summed E-state index contributed by atoms with van der Waals surface area (Å²) in [5, 5.41) is 22.1. The van der Waals surface area contributed by atoms with Crippen LogP contribution in [0.3, 0.4) is 0 Å². The molecule has 4 atom stereocenters. The molecule has 0 radical (unpaired) electrons. The predicted molar refractivity (Wildman–Crippen MR) is 137 cm³/mol. The molecule has 2 amide bonds. The summed E-state index contributed by atoms with van der Waals surface area (Å²) in [5.41, 5.74) is 1.40. The Labute approximate surface area is 221 Å². The molecule has 2 fully saturated rings. The first kappa shape index (κ1) is 26.0. The topological polar surface area (TPSA) is 113 Å². The molecule has 1 aliphatic heterocycles. The first-order valence-corrected chi connectivity index (χ1v) is 13.0. The number of aliphatic hydroxyl groups excluding tert-OH is 1. The van der Waals surface area contributed by atoms with E-state index in [4.69, 9.17) is 0 Å². The van der Waals surface area contributed by atoms with Crippen LogP contribution in [0.15, 0.2) is 54.9 Å². The summed E-state index contributed by atoms with van der Waals surface area (Å²) >= 11 is 0. The van der Waals surface area contributed by atoms with E-state index < -0.39 is 41.4 Å². The molecule has 10 heteroatoms. The van der Waals surface area contributed by atoms with Gasteiger partial charge in [0.15, 0.2) is 0 Å². The minimum absolute atomic E-state index is 0.0297. The number of nitrogens with zero attached hydrogens (tertiary/aromatic N) is 5. The number of halogens is 1. The number of hydrogen-bond acceptors (Lipinski definition) is 6. The largest absolute Gasteiger partial charge is 0.391 e. The van der Waals surface area contributed by atoms with Crippen LogP contribution in [0.5, 0.6) is 0 Å². The van der Waals surface area contributed by atoms with Gasteiger partial charge in [-0.05, 0) is 48.1 Å². The molecule has 3 aromatic rings. The molecule has 0 bridgehead atoms. The maximum Gasteiger partial charge on any atom is 0.248 e. The number of carbonyl (C=O) groups is 2. The number of nitrogens with one attached hydrogen (secondary N) is 1. The van der Waals surface area contributed by atoms with Crippen molar-refractivity contribution >= 4 is 11.8 Å². The Morgan fingerprint density at radius 2 is 1.95 bits per heavy atom. The van der Waals surface area contributed by atoms with Gasteiger partial charge in [-0.25, -0.2) is 9.07 Å². The Balaban J connectivity index is 1.42. The van der Waals surface area contributed by atoms with Crippen LogP contribution in [0, 0.1) is 11.2 Å². The molecule has 2 aromatic heterocycles. The zero-order valence-corrected chi connectivity index (χ0v) is 21.8. The van der Waals surface area contributed by atoms with Gasteiger partial charge in [-0.3, -0.25) is 14.6 Å². The summed E-state index contributed by atoms with van der Waals surface area (Å²) in [7, 11) is 0. The number of hydrogen-bond donors (Lipinski definition) is 2. The number of aromatic nitrogens is 4. The van der Waals surface area contributed by atoms with Gasteiger partial charge in [-0.2, -0.15) is 0 Å². The Kier molecular flexibility index (Phi) is 7.00. The third-order valence-electron chi connectivity index (χ3n) is 7.16. The lowest BCUT2D eigenvalue weighted by atomic mass is 9.85. The van der Waals surface area contributed by atoms with Gasteiger partial charge < -0.3 is 15.3 Å². The first-order chi connectivity index (χ1) is 18.1. The van der Waals surface area contributed by atoms with Gasteiger partial charge in [0, 0.05) is 31.3 Å². The summed E-state index contributed by atoms with van der Waals surface area (Å²) in [5.74, 6) is -0.795. The molecule has 1 saturated heterocycles. The van der Waals surface area contributed by atoms with Gasteiger partial charge in [0.25, 0.3) is 0 Å². The zero-order chi connectivity index (χ0) is 27.0. The first-order valence-electron chi connectivity index (χ1n) is 13.0. The fourth-order valence-corrected chi connectivity index (χ4v) is 5.13. The average molecular weight is 521 g/mol. The SMILES string of the molecule is CC(C)(C)[C@@H](C(=O)N1C[C@H](O)C[C@H]1C(=O)NC(c1cccc(F)c1)c1ccccn1)n1cc(C2CC2)nn1. The number of amides is 2. The van der Waals surface area contributed by atoms with Crippen molar-refractivity contribution in [3.8, 4) is 0 Å². The summed E-state index contributed by atoms with van der Waals surface area (Å²) < 4.78 is 15.7. The highest BCUT2D eigenvalue weighted by molar-refractivity contribution is 5.90. The fourth-order valence-electron chi connectivity index (χ4n) is 5.13. The minimum atomic E-state index is -0.909. The van der Waals surface area contributed by atoms with Gasteiger partial charge in [0.05, 0.1) is 23.5 Å². The monoisotopic (exact) mass is 520 g/mol. The highest BCUT2D eigenvalue weighted by Gasteiger charge is 2.46. The Morgan fingerprint density at radius 3 is 2.61 bits per heavy atom. The zero-order valence-electron chi connectivity index (χ0n) is 21.8. The van der Waals surface area contributed by atoms with Crippen molar-refractivity contribution in [2.24, 2.45) is 5.41 Å². The van der Waals surface area contributed by atoms with E-state index in [0.29, 0.717) is 17.2 Å². The van der Waals surface area contributed by atoms with Crippen molar-refractivity contribution < 1.29 is 19.1 Å². The van der Waals surface area contributed by atoms with Crippen molar-refractivity contribution in [2.75, 3.05) is 6.54 Å². The maximum absolute atomic E-state index is 14.1. The third kappa shape index (κ3) is 5.45. The van der Waals surface area contributed by atoms with E-state index in [-0.39, 0.29) is 18.9 Å². The van der Waals surface area contributed by atoms with Crippen molar-refractivity contribution in [1.82, 2.24) is 30.2 Å². The molecular weight excluding hydrogens is 487 g/mol. The lowest BCUT2D eigenvalue weighted by Gasteiger charge is -2.35. The number of benzene rings is 1. The van der Waals surface area contributed by atoms with Crippen LogP contribution in [-0.4, -0.2) is 60.5 Å². The van der Waals surface area contributed by atoms with Gasteiger partial charge >= 0.3 is 0 Å². The number of aliphatic hydroxyl groups is 1. The Hall–Kier alpha value is -3.66. The van der Waals surface area contributed by atoms with E-state index in [9.17, 15) is 19.1 Å². The number of β-amino-alcohol motifs (C(OH)–C–C–N with tert-alkyl or cyclic N) is 1. The maximum atomic E-state index is 14.1. The average Bonchev–Trinajstić information content (AvgIpc) is 3.48. The molecule has 0 spiro atoms. The smallest absolute Gasteiger partial charge is 0.248 e. The van der Waals surface area contributed by atoms with Crippen LogP contribution in [0.2, 0.25) is 0 Å². The second kappa shape index (κ2) is 10.2. The Bertz CT molecular complexity index is 1300. The summed E-state index contributed by atoms with van der Waals surface area (Å²) in [6.07, 6.45) is 4.80. The third-order valence-corrected chi connectivity index (χ3v) is 7.16. The van der Waals surface area contributed by atoms with Crippen LogP contribution < -0.4 is 5.32 Å². The fraction of sp³-hybridized carbons (Fsp3) is 0.464. The van der Waals surface area contributed by atoms with E-state index >= 15 is 0 Å². The van der Waals surface area contributed by atoms with E-state index in [1.165, 1.54) is 17.0 Å². The summed E-state index contributed by atoms with van der Waals surface area (Å²) in [6, 6.07) is 8.92. The molecule has 38 heavy (non-hydrogen) atoms. The lowest BCUT2D eigenvalue weighted by Crippen LogP contribution is -2.51. The van der Waals surface area contributed by atoms with Crippen LogP contribution >= 0.6 is 0 Å². The molecule has 1 saturated carbocycles. The quantitative estimate of drug-likeness (QED) is 0.495. The number of pyridine rings is 1. The molecule has 1 unspecified atom stereocenters. The van der Waals surface area contributed by atoms with Crippen LogP contribution in [-0.2, 0) is 9.59 Å². The summed E-state index contributed by atoms with van der Waals surface area (Å²) in [6.45, 7) is 5.85. The van der Waals surface area contributed by atoms with Gasteiger partial charge in [-0.15, -0.1) is 5.10 Å². The molecular formula is C28H33FN6O3. The van der Waals surface area contributed by atoms with Crippen molar-refractivity contribution in [2.45, 2.75) is 70.2 Å². The Morgan fingerprint density at radius 1 is 1.16 bits per heavy atom. The van der Waals surface area contributed by atoms with E-state index in [0.717, 1.165) is 18.5 Å². The highest BCUT2D eigenvalue weighted by Crippen LogP contribution is 2.40. The predicted octanol–water partition coefficient (Wildman–Crippen LogP) is 3.14. The molecule has 1 aromatic carbocycles. The van der Waals surface area contributed by atoms with Crippen molar-refractivity contribution in [3.05, 3.63) is 77.6 Å². The highest BCUT2D eigenvalue weighted by atomic mass is 19.1. The molecule has 2 N–H and O–H groups in total. The molecule has 1 aliphatic carbocycles.